The van der Waals surface area contributed by atoms with Gasteiger partial charge in [0.15, 0.2) is 0 Å². The number of amides is 2. The fourth-order valence-corrected chi connectivity index (χ4v) is 5.29. The van der Waals surface area contributed by atoms with Crippen LogP contribution in [0.1, 0.15) is 25.0 Å². The van der Waals surface area contributed by atoms with Crippen LogP contribution in [0.15, 0.2) is 90.4 Å². The Kier molecular flexibility index (Phi) is 16.4. The van der Waals surface area contributed by atoms with Crippen molar-refractivity contribution in [2.24, 2.45) is 11.7 Å². The number of hydrogen-bond acceptors (Lipinski definition) is 7. The third-order valence-corrected chi connectivity index (χ3v) is 6.99. The Labute approximate surface area is 253 Å². The minimum atomic E-state index is -0.896. The Morgan fingerprint density at radius 2 is 1.81 bits per heavy atom. The summed E-state index contributed by atoms with van der Waals surface area (Å²) in [4.78, 5) is 26.1. The second-order valence-electron chi connectivity index (χ2n) is 10.2. The predicted molar refractivity (Wildman–Crippen MR) is 170 cm³/mol. The molecule has 0 saturated carbocycles. The van der Waals surface area contributed by atoms with Crippen molar-refractivity contribution in [3.05, 3.63) is 107 Å². The molecular formula is C32H44FN5O3S. The maximum Gasteiger partial charge on any atom is 0.239 e. The number of carbonyl (C=O) groups excluding carboxylic acids is 2. The molecule has 0 bridgehead atoms. The number of carbonyl (C=O) groups is 2. The first-order valence-electron chi connectivity index (χ1n) is 14.1. The molecule has 0 heterocycles. The van der Waals surface area contributed by atoms with Crippen LogP contribution in [0, 0.1) is 11.7 Å². The molecule has 0 aliphatic carbocycles. The van der Waals surface area contributed by atoms with Gasteiger partial charge in [-0.2, -0.15) is 0 Å². The normalized spacial score (nSPS) is 13.4. The topological polar surface area (TPSA) is 120 Å². The van der Waals surface area contributed by atoms with Crippen LogP contribution in [-0.2, 0) is 22.6 Å². The van der Waals surface area contributed by atoms with Gasteiger partial charge in [-0.3, -0.25) is 9.59 Å². The number of aliphatic hydroxyl groups is 1. The molecule has 10 heteroatoms. The summed E-state index contributed by atoms with van der Waals surface area (Å²) in [6, 6.07) is 15.1. The Morgan fingerprint density at radius 1 is 1.07 bits per heavy atom. The average molecular weight is 598 g/mol. The molecule has 0 aliphatic rings. The van der Waals surface area contributed by atoms with E-state index in [2.05, 4.69) is 40.7 Å². The number of allylic oxidation sites excluding steroid dienone is 3. The van der Waals surface area contributed by atoms with Gasteiger partial charge in [0.05, 0.1) is 25.2 Å². The molecule has 0 fully saturated rings. The second kappa shape index (κ2) is 19.8. The number of benzene rings is 2. The molecule has 0 radical (unpaired) electrons. The van der Waals surface area contributed by atoms with Gasteiger partial charge in [-0.1, -0.05) is 81.1 Å². The van der Waals surface area contributed by atoms with Gasteiger partial charge in [-0.25, -0.2) is 8.70 Å². The van der Waals surface area contributed by atoms with Crippen LogP contribution in [0.2, 0.25) is 0 Å². The zero-order valence-electron chi connectivity index (χ0n) is 24.5. The SMILES string of the molecule is C=C/C=C(\C=C/CN)SN(CC(C)C)CC(O)C(Cc1ccccc1)NC(=O)CNC(=O)CNCc1cccc(F)c1. The average Bonchev–Trinajstić information content (AvgIpc) is 2.95. The van der Waals surface area contributed by atoms with Gasteiger partial charge in [-0.05, 0) is 53.6 Å². The molecule has 2 aromatic carbocycles. The highest BCUT2D eigenvalue weighted by atomic mass is 32.2. The molecule has 0 aromatic heterocycles. The smallest absolute Gasteiger partial charge is 0.239 e. The number of nitrogens with one attached hydrogen (secondary N) is 3. The Hall–Kier alpha value is -3.28. The first-order chi connectivity index (χ1) is 20.2. The van der Waals surface area contributed by atoms with Crippen molar-refractivity contribution in [3.8, 4) is 0 Å². The fraction of sp³-hybridized carbons (Fsp3) is 0.375. The second-order valence-corrected chi connectivity index (χ2v) is 11.4. The molecule has 2 amide bonds. The summed E-state index contributed by atoms with van der Waals surface area (Å²) in [6.45, 7) is 9.46. The molecule has 6 N–H and O–H groups in total. The summed E-state index contributed by atoms with van der Waals surface area (Å²) in [5.41, 5.74) is 7.32. The summed E-state index contributed by atoms with van der Waals surface area (Å²) in [6.07, 6.45) is 6.89. The number of nitrogens with zero attached hydrogens (tertiary/aromatic N) is 1. The van der Waals surface area contributed by atoms with Crippen LogP contribution >= 0.6 is 11.9 Å². The molecule has 2 atom stereocenters. The third-order valence-electron chi connectivity index (χ3n) is 5.95. The lowest BCUT2D eigenvalue weighted by molar-refractivity contribution is -0.126. The maximum absolute atomic E-state index is 13.3. The van der Waals surface area contributed by atoms with E-state index in [9.17, 15) is 19.1 Å². The van der Waals surface area contributed by atoms with E-state index in [0.717, 1.165) is 10.5 Å². The Bertz CT molecular complexity index is 1180. The first-order valence-corrected chi connectivity index (χ1v) is 14.8. The molecule has 2 rings (SSSR count). The van der Waals surface area contributed by atoms with Crippen molar-refractivity contribution in [1.82, 2.24) is 20.3 Å². The number of rotatable bonds is 19. The molecule has 0 spiro atoms. The number of aliphatic hydroxyl groups excluding tert-OH is 1. The van der Waals surface area contributed by atoms with Crippen molar-refractivity contribution in [2.45, 2.75) is 39.0 Å². The van der Waals surface area contributed by atoms with E-state index in [-0.39, 0.29) is 24.8 Å². The number of nitrogens with two attached hydrogens (primary N) is 1. The van der Waals surface area contributed by atoms with Crippen LogP contribution in [0.25, 0.3) is 0 Å². The van der Waals surface area contributed by atoms with Crippen molar-refractivity contribution < 1.29 is 19.1 Å². The highest BCUT2D eigenvalue weighted by Crippen LogP contribution is 2.25. The molecule has 0 aliphatic heterocycles. The number of halogens is 1. The lowest BCUT2D eigenvalue weighted by Crippen LogP contribution is -2.51. The molecule has 2 unspecified atom stereocenters. The molecular weight excluding hydrogens is 553 g/mol. The Morgan fingerprint density at radius 3 is 2.48 bits per heavy atom. The molecule has 42 heavy (non-hydrogen) atoms. The predicted octanol–water partition coefficient (Wildman–Crippen LogP) is 3.31. The molecule has 228 valence electrons. The van der Waals surface area contributed by atoms with Crippen molar-refractivity contribution in [1.29, 1.82) is 0 Å². The van der Waals surface area contributed by atoms with Gasteiger partial charge in [-0.15, -0.1) is 0 Å². The van der Waals surface area contributed by atoms with Gasteiger partial charge < -0.3 is 26.8 Å². The highest BCUT2D eigenvalue weighted by molar-refractivity contribution is 8.01. The van der Waals surface area contributed by atoms with E-state index in [1.807, 2.05) is 48.6 Å². The van der Waals surface area contributed by atoms with Gasteiger partial charge in [0.25, 0.3) is 0 Å². The summed E-state index contributed by atoms with van der Waals surface area (Å²) in [7, 11) is 0. The summed E-state index contributed by atoms with van der Waals surface area (Å²) in [5, 5.41) is 19.8. The van der Waals surface area contributed by atoms with E-state index < -0.39 is 18.1 Å². The summed E-state index contributed by atoms with van der Waals surface area (Å²) < 4.78 is 15.4. The molecule has 8 nitrogen and oxygen atoms in total. The summed E-state index contributed by atoms with van der Waals surface area (Å²) >= 11 is 1.50. The highest BCUT2D eigenvalue weighted by Gasteiger charge is 2.25. The van der Waals surface area contributed by atoms with Crippen molar-refractivity contribution >= 4 is 23.8 Å². The molecule has 0 saturated heterocycles. The van der Waals surface area contributed by atoms with Crippen LogP contribution in [-0.4, -0.2) is 66.1 Å². The lowest BCUT2D eigenvalue weighted by Gasteiger charge is -2.30. The van der Waals surface area contributed by atoms with E-state index in [1.165, 1.54) is 24.1 Å². The van der Waals surface area contributed by atoms with Crippen LogP contribution in [0.3, 0.4) is 0 Å². The van der Waals surface area contributed by atoms with E-state index >= 15 is 0 Å². The van der Waals surface area contributed by atoms with E-state index in [4.69, 9.17) is 5.73 Å². The van der Waals surface area contributed by atoms with Crippen molar-refractivity contribution in [2.75, 3.05) is 32.7 Å². The lowest BCUT2D eigenvalue weighted by atomic mass is 10.0. The van der Waals surface area contributed by atoms with E-state index in [1.54, 1.807) is 18.2 Å². The van der Waals surface area contributed by atoms with Gasteiger partial charge in [0.1, 0.15) is 5.82 Å². The van der Waals surface area contributed by atoms with Gasteiger partial charge >= 0.3 is 0 Å². The zero-order valence-corrected chi connectivity index (χ0v) is 25.3. The maximum atomic E-state index is 13.3. The number of hydrogen-bond donors (Lipinski definition) is 5. The first kappa shape index (κ1) is 34.9. The van der Waals surface area contributed by atoms with Crippen LogP contribution in [0.5, 0.6) is 0 Å². The van der Waals surface area contributed by atoms with E-state index in [0.29, 0.717) is 44.1 Å². The minimum Gasteiger partial charge on any atom is -0.390 e. The quantitative estimate of drug-likeness (QED) is 0.125. The minimum absolute atomic E-state index is 0.0274. The zero-order chi connectivity index (χ0) is 30.7. The van der Waals surface area contributed by atoms with Crippen molar-refractivity contribution in [3.63, 3.8) is 0 Å². The Balaban J connectivity index is 2.01. The van der Waals surface area contributed by atoms with Gasteiger partial charge in [0.2, 0.25) is 11.8 Å². The fourth-order valence-electron chi connectivity index (χ4n) is 4.08. The van der Waals surface area contributed by atoms with Gasteiger partial charge in [0, 0.05) is 31.1 Å². The monoisotopic (exact) mass is 597 g/mol. The largest absolute Gasteiger partial charge is 0.390 e. The van der Waals surface area contributed by atoms with Crippen LogP contribution < -0.4 is 21.7 Å². The van der Waals surface area contributed by atoms with Crippen LogP contribution in [0.4, 0.5) is 4.39 Å². The standard InChI is InChI=1S/C32H44FN5O3S/c1-4-10-28(15-9-16-34)42-38(22-24(2)3)23-30(39)29(18-25-11-6-5-7-12-25)37-32(41)21-36-31(40)20-35-19-26-13-8-14-27(33)17-26/h4-15,17,24,29-30,35,39H,1,16,18-23,34H2,2-3H3,(H,36,40)(H,37,41)/b15-9-,28-10+. The molecule has 2 aromatic rings. The third kappa shape index (κ3) is 14.6. The summed E-state index contributed by atoms with van der Waals surface area (Å²) in [5.74, 6) is -0.784.